The maximum Gasteiger partial charge on any atom is 0.329 e. The zero-order valence-corrected chi connectivity index (χ0v) is 17.4. The third kappa shape index (κ3) is 22.5. The van der Waals surface area contributed by atoms with Crippen LogP contribution in [0.15, 0.2) is 0 Å². The summed E-state index contributed by atoms with van der Waals surface area (Å²) in [6.45, 7) is 3.48. The summed E-state index contributed by atoms with van der Waals surface area (Å²) < 4.78 is 35.6. The minimum atomic E-state index is -1.12. The monoisotopic (exact) mass is 439 g/mol. The second kappa shape index (κ2) is 21.9. The number of aliphatic carboxylic acids is 1. The average molecular weight is 439 g/mol. The molecule has 0 bridgehead atoms. The molecule has 0 unspecified atom stereocenters. The van der Waals surface area contributed by atoms with Gasteiger partial charge in [-0.1, -0.05) is 0 Å². The molecule has 0 aliphatic heterocycles. The van der Waals surface area contributed by atoms with Gasteiger partial charge in [0.05, 0.1) is 79.6 Å². The second-order valence-electron chi connectivity index (χ2n) is 5.62. The standard InChI is InChI=1S/C18H33NO11/c1-24-18(23)2-4-25-6-8-27-10-12-29-13-11-28-9-7-26-5-3-19-16(20)14-30-15-17(21)22/h2-15H2,1H3,(H,19,20)(H,21,22). The molecule has 0 aromatic carbocycles. The lowest BCUT2D eigenvalue weighted by molar-refractivity contribution is -0.144. The maximum absolute atomic E-state index is 11.3. The summed E-state index contributed by atoms with van der Waals surface area (Å²) in [5.41, 5.74) is 0. The summed E-state index contributed by atoms with van der Waals surface area (Å²) in [7, 11) is 1.34. The molecule has 2 N–H and O–H groups in total. The molecule has 0 atom stereocenters. The van der Waals surface area contributed by atoms with Crippen molar-refractivity contribution in [2.45, 2.75) is 6.42 Å². The first-order valence-corrected chi connectivity index (χ1v) is 9.58. The van der Waals surface area contributed by atoms with Gasteiger partial charge in [0.25, 0.3) is 0 Å². The molecule has 0 aromatic rings. The molecule has 1 amide bonds. The number of carbonyl (C=O) groups is 3. The van der Waals surface area contributed by atoms with E-state index in [2.05, 4.69) is 14.8 Å². The lowest BCUT2D eigenvalue weighted by atomic mass is 10.5. The molecule has 12 heteroatoms. The number of carboxylic acids is 1. The van der Waals surface area contributed by atoms with Gasteiger partial charge in [0.15, 0.2) is 0 Å². The van der Waals surface area contributed by atoms with E-state index >= 15 is 0 Å². The molecule has 176 valence electrons. The number of hydrogen-bond acceptors (Lipinski definition) is 10. The molecule has 12 nitrogen and oxygen atoms in total. The van der Waals surface area contributed by atoms with Gasteiger partial charge >= 0.3 is 11.9 Å². The first kappa shape index (κ1) is 28.2. The van der Waals surface area contributed by atoms with Gasteiger partial charge in [-0.3, -0.25) is 9.59 Å². The van der Waals surface area contributed by atoms with Gasteiger partial charge in [0.2, 0.25) is 5.91 Å². The van der Waals surface area contributed by atoms with E-state index in [1.54, 1.807) is 0 Å². The Balaban J connectivity index is 3.13. The zero-order chi connectivity index (χ0) is 22.3. The Bertz CT molecular complexity index is 448. The van der Waals surface area contributed by atoms with Crippen LogP contribution in [0.25, 0.3) is 0 Å². The lowest BCUT2D eigenvalue weighted by Gasteiger charge is -2.08. The highest BCUT2D eigenvalue weighted by molar-refractivity contribution is 5.77. The predicted molar refractivity (Wildman–Crippen MR) is 102 cm³/mol. The summed E-state index contributed by atoms with van der Waals surface area (Å²) in [5.74, 6) is -1.83. The van der Waals surface area contributed by atoms with Crippen molar-refractivity contribution in [1.82, 2.24) is 5.32 Å². The number of rotatable bonds is 22. The van der Waals surface area contributed by atoms with Gasteiger partial charge in [-0.05, 0) is 0 Å². The number of amides is 1. The van der Waals surface area contributed by atoms with Crippen LogP contribution >= 0.6 is 0 Å². The summed E-state index contributed by atoms with van der Waals surface area (Å²) in [6, 6.07) is 0. The first-order chi connectivity index (χ1) is 14.6. The first-order valence-electron chi connectivity index (χ1n) is 9.58. The van der Waals surface area contributed by atoms with Crippen molar-refractivity contribution in [3.63, 3.8) is 0 Å². The smallest absolute Gasteiger partial charge is 0.329 e. The minimum absolute atomic E-state index is 0.229. The van der Waals surface area contributed by atoms with Crippen molar-refractivity contribution in [2.24, 2.45) is 0 Å². The molecular weight excluding hydrogens is 406 g/mol. The molecule has 0 radical (unpaired) electrons. The van der Waals surface area contributed by atoms with Crippen LogP contribution < -0.4 is 5.32 Å². The van der Waals surface area contributed by atoms with Gasteiger partial charge in [0.1, 0.15) is 13.2 Å². The molecule has 30 heavy (non-hydrogen) atoms. The quantitative estimate of drug-likeness (QED) is 0.156. The van der Waals surface area contributed by atoms with Gasteiger partial charge in [-0.25, -0.2) is 4.79 Å². The van der Waals surface area contributed by atoms with Crippen LogP contribution in [-0.4, -0.2) is 116 Å². The number of carboxylic acid groups (broad SMARTS) is 1. The average Bonchev–Trinajstić information content (AvgIpc) is 2.72. The third-order valence-electron chi connectivity index (χ3n) is 3.19. The van der Waals surface area contributed by atoms with Crippen LogP contribution in [0.1, 0.15) is 6.42 Å². The van der Waals surface area contributed by atoms with Crippen LogP contribution in [0.5, 0.6) is 0 Å². The number of methoxy groups -OCH3 is 1. The van der Waals surface area contributed by atoms with Crippen LogP contribution in [0, 0.1) is 0 Å². The van der Waals surface area contributed by atoms with E-state index in [1.807, 2.05) is 0 Å². The molecule has 0 aliphatic rings. The fourth-order valence-corrected chi connectivity index (χ4v) is 1.78. The minimum Gasteiger partial charge on any atom is -0.480 e. The summed E-state index contributed by atoms with van der Waals surface area (Å²) in [5, 5.41) is 10.9. The van der Waals surface area contributed by atoms with Gasteiger partial charge in [0, 0.05) is 6.54 Å². The molecular formula is C18H33NO11. The van der Waals surface area contributed by atoms with E-state index < -0.39 is 18.5 Å². The largest absolute Gasteiger partial charge is 0.480 e. The molecule has 0 heterocycles. The van der Waals surface area contributed by atoms with Gasteiger partial charge in [-0.2, -0.15) is 0 Å². The normalized spacial score (nSPS) is 10.7. The fourth-order valence-electron chi connectivity index (χ4n) is 1.78. The number of ether oxygens (including phenoxy) is 7. The van der Waals surface area contributed by atoms with E-state index in [1.165, 1.54) is 7.11 Å². The molecule has 0 aromatic heterocycles. The van der Waals surface area contributed by atoms with Crippen molar-refractivity contribution in [2.75, 3.05) is 92.9 Å². The molecule has 0 saturated carbocycles. The maximum atomic E-state index is 11.3. The van der Waals surface area contributed by atoms with E-state index in [4.69, 9.17) is 28.8 Å². The highest BCUT2D eigenvalue weighted by Gasteiger charge is 2.03. The molecule has 0 rings (SSSR count). The third-order valence-corrected chi connectivity index (χ3v) is 3.19. The zero-order valence-electron chi connectivity index (χ0n) is 17.4. The van der Waals surface area contributed by atoms with E-state index in [-0.39, 0.29) is 19.0 Å². The number of carbonyl (C=O) groups excluding carboxylic acids is 2. The molecule has 0 aliphatic carbocycles. The highest BCUT2D eigenvalue weighted by atomic mass is 16.6. The van der Waals surface area contributed by atoms with Crippen molar-refractivity contribution >= 4 is 17.8 Å². The Kier molecular flexibility index (Phi) is 20.5. The Morgan fingerprint density at radius 2 is 1.13 bits per heavy atom. The van der Waals surface area contributed by atoms with Gasteiger partial charge in [-0.15, -0.1) is 0 Å². The number of hydrogen-bond donors (Lipinski definition) is 2. The van der Waals surface area contributed by atoms with E-state index in [0.29, 0.717) is 72.6 Å². The van der Waals surface area contributed by atoms with E-state index in [0.717, 1.165) is 0 Å². The van der Waals surface area contributed by atoms with Gasteiger partial charge < -0.3 is 43.6 Å². The summed E-state index contributed by atoms with van der Waals surface area (Å²) in [6.07, 6.45) is 0.229. The Labute approximate surface area is 176 Å². The highest BCUT2D eigenvalue weighted by Crippen LogP contribution is 1.87. The van der Waals surface area contributed by atoms with E-state index in [9.17, 15) is 14.4 Å². The molecule has 0 saturated heterocycles. The second-order valence-corrected chi connectivity index (χ2v) is 5.62. The molecule has 0 spiro atoms. The van der Waals surface area contributed by atoms with Crippen molar-refractivity contribution in [3.8, 4) is 0 Å². The Morgan fingerprint density at radius 1 is 0.667 bits per heavy atom. The number of nitrogens with one attached hydrogen (secondary N) is 1. The Hall–Kier alpha value is -1.83. The number of esters is 1. The predicted octanol–water partition coefficient (Wildman–Crippen LogP) is -1.15. The fraction of sp³-hybridized carbons (Fsp3) is 0.833. The molecule has 0 fully saturated rings. The van der Waals surface area contributed by atoms with Crippen molar-refractivity contribution in [1.29, 1.82) is 0 Å². The van der Waals surface area contributed by atoms with Crippen LogP contribution in [-0.2, 0) is 47.5 Å². The summed E-state index contributed by atoms with van der Waals surface area (Å²) in [4.78, 5) is 32.3. The Morgan fingerprint density at radius 3 is 1.60 bits per heavy atom. The van der Waals surface area contributed by atoms with Crippen LogP contribution in [0.3, 0.4) is 0 Å². The van der Waals surface area contributed by atoms with Crippen molar-refractivity contribution in [3.05, 3.63) is 0 Å². The summed E-state index contributed by atoms with van der Waals surface area (Å²) >= 11 is 0. The topological polar surface area (TPSA) is 148 Å². The van der Waals surface area contributed by atoms with Crippen molar-refractivity contribution < 1.29 is 52.6 Å². The SMILES string of the molecule is COC(=O)CCOCCOCCOCCOCCOCCNC(=O)COCC(=O)O. The van der Waals surface area contributed by atoms with Crippen LogP contribution in [0.4, 0.5) is 0 Å². The van der Waals surface area contributed by atoms with Crippen LogP contribution in [0.2, 0.25) is 0 Å². The lowest BCUT2D eigenvalue weighted by Crippen LogP contribution is -2.31.